The molecule has 0 saturated carbocycles. The number of esters is 1. The summed E-state index contributed by atoms with van der Waals surface area (Å²) in [6, 6.07) is 6.00. The van der Waals surface area contributed by atoms with Crippen molar-refractivity contribution in [2.24, 2.45) is 0 Å². The van der Waals surface area contributed by atoms with E-state index in [4.69, 9.17) is 5.73 Å². The van der Waals surface area contributed by atoms with Crippen LogP contribution in [0.3, 0.4) is 0 Å². The van der Waals surface area contributed by atoms with Crippen LogP contribution in [0.1, 0.15) is 9.67 Å². The van der Waals surface area contributed by atoms with Crippen LogP contribution >= 0.6 is 27.3 Å². The van der Waals surface area contributed by atoms with Gasteiger partial charge in [-0.1, -0.05) is 15.9 Å². The molecule has 6 nitrogen and oxygen atoms in total. The van der Waals surface area contributed by atoms with E-state index in [2.05, 4.69) is 25.4 Å². The van der Waals surface area contributed by atoms with Gasteiger partial charge in [-0.05, 0) is 29.6 Å². The fraction of sp³-hybridized carbons (Fsp3) is 0.0833. The van der Waals surface area contributed by atoms with E-state index < -0.39 is 16.0 Å². The van der Waals surface area contributed by atoms with Crippen LogP contribution in [0.15, 0.2) is 39.0 Å². The molecule has 0 amide bonds. The van der Waals surface area contributed by atoms with Crippen LogP contribution in [0.5, 0.6) is 0 Å². The third-order valence-electron chi connectivity index (χ3n) is 2.55. The largest absolute Gasteiger partial charge is 0.465 e. The van der Waals surface area contributed by atoms with E-state index >= 15 is 0 Å². The van der Waals surface area contributed by atoms with E-state index in [1.807, 2.05) is 0 Å². The minimum absolute atomic E-state index is 0.0705. The fourth-order valence-corrected chi connectivity index (χ4v) is 4.15. The molecule has 3 N–H and O–H groups in total. The molecule has 0 saturated heterocycles. The Balaban J connectivity index is 2.41. The van der Waals surface area contributed by atoms with E-state index in [0.717, 1.165) is 11.3 Å². The number of anilines is 2. The van der Waals surface area contributed by atoms with Gasteiger partial charge in [0.2, 0.25) is 0 Å². The van der Waals surface area contributed by atoms with Crippen molar-refractivity contribution in [2.45, 2.75) is 4.90 Å². The highest BCUT2D eigenvalue weighted by atomic mass is 79.9. The first kappa shape index (κ1) is 15.8. The quantitative estimate of drug-likeness (QED) is 0.617. The number of carbonyl (C=O) groups excluding carboxylic acids is 1. The predicted molar refractivity (Wildman–Crippen MR) is 85.0 cm³/mol. The smallest absolute Gasteiger partial charge is 0.350 e. The van der Waals surface area contributed by atoms with Gasteiger partial charge in [-0.25, -0.2) is 13.2 Å². The number of hydrogen-bond donors (Lipinski definition) is 2. The monoisotopic (exact) mass is 390 g/mol. The summed E-state index contributed by atoms with van der Waals surface area (Å²) in [6.45, 7) is 0. The molecule has 0 atom stereocenters. The van der Waals surface area contributed by atoms with Gasteiger partial charge in [0.15, 0.2) is 0 Å². The van der Waals surface area contributed by atoms with Gasteiger partial charge in [0.1, 0.15) is 9.77 Å². The van der Waals surface area contributed by atoms with Crippen molar-refractivity contribution in [1.82, 2.24) is 0 Å². The molecule has 0 radical (unpaired) electrons. The molecule has 0 unspecified atom stereocenters. The second-order valence-corrected chi connectivity index (χ2v) is 7.43. The average Bonchev–Trinajstić information content (AvgIpc) is 2.87. The van der Waals surface area contributed by atoms with Gasteiger partial charge in [-0.15, -0.1) is 11.3 Å². The van der Waals surface area contributed by atoms with Crippen LogP contribution in [0.4, 0.5) is 11.4 Å². The van der Waals surface area contributed by atoms with Gasteiger partial charge in [0, 0.05) is 4.47 Å². The number of benzene rings is 1. The van der Waals surface area contributed by atoms with Crippen molar-refractivity contribution < 1.29 is 17.9 Å². The van der Waals surface area contributed by atoms with Gasteiger partial charge in [-0.2, -0.15) is 0 Å². The van der Waals surface area contributed by atoms with Crippen molar-refractivity contribution in [3.05, 3.63) is 39.0 Å². The van der Waals surface area contributed by atoms with E-state index in [0.29, 0.717) is 4.47 Å². The molecule has 0 aliphatic rings. The molecule has 0 fully saturated rings. The van der Waals surface area contributed by atoms with E-state index in [1.165, 1.54) is 25.3 Å². The summed E-state index contributed by atoms with van der Waals surface area (Å²) in [7, 11) is -2.68. The highest BCUT2D eigenvalue weighted by Gasteiger charge is 2.22. The van der Waals surface area contributed by atoms with E-state index in [-0.39, 0.29) is 21.1 Å². The lowest BCUT2D eigenvalue weighted by Gasteiger charge is -2.10. The molecule has 2 rings (SSSR count). The van der Waals surface area contributed by atoms with Crippen LogP contribution in [0, 0.1) is 0 Å². The number of hydrogen-bond acceptors (Lipinski definition) is 6. The lowest BCUT2D eigenvalue weighted by atomic mass is 10.3. The molecule has 0 bridgehead atoms. The maximum absolute atomic E-state index is 12.4. The number of halogens is 1. The second kappa shape index (κ2) is 6.04. The van der Waals surface area contributed by atoms with Crippen molar-refractivity contribution in [1.29, 1.82) is 0 Å². The standard InChI is InChI=1S/C12H11BrN2O4S2/c1-19-12(16)11-9(4-5-20-11)15-21(17,18)10-6-7(13)2-3-8(10)14/h2-6,15H,14H2,1H3. The van der Waals surface area contributed by atoms with E-state index in [1.54, 1.807) is 11.4 Å². The van der Waals surface area contributed by atoms with Crippen LogP contribution < -0.4 is 10.5 Å². The van der Waals surface area contributed by atoms with Crippen LogP contribution in [-0.2, 0) is 14.8 Å². The first-order valence-electron chi connectivity index (χ1n) is 5.59. The van der Waals surface area contributed by atoms with Gasteiger partial charge in [-0.3, -0.25) is 4.72 Å². The topological polar surface area (TPSA) is 98.5 Å². The first-order chi connectivity index (χ1) is 9.85. The van der Waals surface area contributed by atoms with Gasteiger partial charge in [0.05, 0.1) is 18.5 Å². The Bertz CT molecular complexity index is 786. The summed E-state index contributed by atoms with van der Waals surface area (Å²) in [5.74, 6) is -0.607. The Morgan fingerprint density at radius 1 is 1.38 bits per heavy atom. The highest BCUT2D eigenvalue weighted by Crippen LogP contribution is 2.29. The average molecular weight is 391 g/mol. The number of sulfonamides is 1. The zero-order chi connectivity index (χ0) is 15.6. The Morgan fingerprint density at radius 3 is 2.76 bits per heavy atom. The summed E-state index contributed by atoms with van der Waals surface area (Å²) in [4.78, 5) is 11.7. The number of rotatable bonds is 4. The van der Waals surface area contributed by atoms with Crippen LogP contribution in [-0.4, -0.2) is 21.5 Å². The van der Waals surface area contributed by atoms with E-state index in [9.17, 15) is 13.2 Å². The molecule has 0 spiro atoms. The lowest BCUT2D eigenvalue weighted by molar-refractivity contribution is 0.0607. The fourth-order valence-electron chi connectivity index (χ4n) is 1.58. The molecule has 1 aromatic carbocycles. The van der Waals surface area contributed by atoms with Crippen LogP contribution in [0.2, 0.25) is 0 Å². The molecule has 9 heteroatoms. The molecule has 1 aromatic heterocycles. The number of nitrogens with two attached hydrogens (primary N) is 1. The first-order valence-corrected chi connectivity index (χ1v) is 8.74. The Morgan fingerprint density at radius 2 is 2.10 bits per heavy atom. The maximum atomic E-state index is 12.4. The van der Waals surface area contributed by atoms with Crippen molar-refractivity contribution in [2.75, 3.05) is 17.6 Å². The van der Waals surface area contributed by atoms with Crippen molar-refractivity contribution in [3.8, 4) is 0 Å². The van der Waals surface area contributed by atoms with Crippen molar-refractivity contribution in [3.63, 3.8) is 0 Å². The SMILES string of the molecule is COC(=O)c1sccc1NS(=O)(=O)c1cc(Br)ccc1N. The highest BCUT2D eigenvalue weighted by molar-refractivity contribution is 9.10. The Kier molecular flexibility index (Phi) is 4.55. The minimum Gasteiger partial charge on any atom is -0.465 e. The minimum atomic E-state index is -3.91. The summed E-state index contributed by atoms with van der Waals surface area (Å²) in [5.41, 5.74) is 5.97. The lowest BCUT2D eigenvalue weighted by Crippen LogP contribution is -2.16. The molecule has 0 aliphatic carbocycles. The number of carbonyl (C=O) groups is 1. The molecular weight excluding hydrogens is 380 g/mol. The molecule has 112 valence electrons. The Labute approximate surface area is 134 Å². The third-order valence-corrected chi connectivity index (χ3v) is 5.35. The number of nitrogens with one attached hydrogen (secondary N) is 1. The summed E-state index contributed by atoms with van der Waals surface area (Å²) >= 11 is 4.28. The zero-order valence-corrected chi connectivity index (χ0v) is 14.0. The predicted octanol–water partition coefficient (Wildman–Crippen LogP) is 2.68. The third kappa shape index (κ3) is 3.36. The summed E-state index contributed by atoms with van der Waals surface area (Å²) < 4.78 is 32.3. The van der Waals surface area contributed by atoms with Gasteiger partial charge >= 0.3 is 5.97 Å². The Hall–Kier alpha value is -1.58. The number of nitrogen functional groups attached to an aromatic ring is 1. The molecule has 2 aromatic rings. The van der Waals surface area contributed by atoms with Crippen LogP contribution in [0.25, 0.3) is 0 Å². The van der Waals surface area contributed by atoms with Gasteiger partial charge < -0.3 is 10.5 Å². The maximum Gasteiger partial charge on any atom is 0.350 e. The molecule has 21 heavy (non-hydrogen) atoms. The number of ether oxygens (including phenoxy) is 1. The zero-order valence-electron chi connectivity index (χ0n) is 10.8. The van der Waals surface area contributed by atoms with Gasteiger partial charge in [0.25, 0.3) is 10.0 Å². The summed E-state index contributed by atoms with van der Waals surface area (Å²) in [6.07, 6.45) is 0. The normalized spacial score (nSPS) is 11.1. The molecule has 1 heterocycles. The second-order valence-electron chi connectivity index (χ2n) is 3.94. The molecule has 0 aliphatic heterocycles. The van der Waals surface area contributed by atoms with Crippen molar-refractivity contribution >= 4 is 54.6 Å². The molecular formula is C12H11BrN2O4S2. The number of thiophene rings is 1. The number of methoxy groups -OCH3 is 1. The summed E-state index contributed by atoms with van der Waals surface area (Å²) in [5, 5.41) is 1.59.